The van der Waals surface area contributed by atoms with Crippen LogP contribution in [0.1, 0.15) is 48.2 Å². The van der Waals surface area contributed by atoms with Gasteiger partial charge in [-0.15, -0.1) is 0 Å². The second kappa shape index (κ2) is 7.94. The Morgan fingerprint density at radius 1 is 1.14 bits per heavy atom. The zero-order chi connectivity index (χ0) is 20.4. The summed E-state index contributed by atoms with van der Waals surface area (Å²) in [5.74, 6) is -2.11. The highest BCUT2D eigenvalue weighted by Crippen LogP contribution is 2.41. The first-order valence-electron chi connectivity index (χ1n) is 9.72. The molecule has 2 heterocycles. The van der Waals surface area contributed by atoms with E-state index in [1.54, 1.807) is 12.1 Å². The summed E-state index contributed by atoms with van der Waals surface area (Å²) in [5.41, 5.74) is -1.06. The molecule has 1 aromatic carbocycles. The van der Waals surface area contributed by atoms with Crippen LogP contribution in [0.15, 0.2) is 41.0 Å². The van der Waals surface area contributed by atoms with Gasteiger partial charge in [-0.2, -0.15) is 0 Å². The van der Waals surface area contributed by atoms with Crippen molar-refractivity contribution >= 4 is 11.8 Å². The number of carbonyl (C=O) groups excluding carboxylic acids is 2. The van der Waals surface area contributed by atoms with E-state index in [0.29, 0.717) is 24.7 Å². The predicted octanol–water partition coefficient (Wildman–Crippen LogP) is 3.38. The predicted molar refractivity (Wildman–Crippen MR) is 98.6 cm³/mol. The standard InChI is InChI=1S/C21H22F2N2O4/c22-15-9-14(10-16(23)11-15)20(27)25-18(13-29-21(25)6-2-1-3-7-21)19(26)24-12-17-5-4-8-28-17/h4-5,8-11,18H,1-3,6-7,12-13H2,(H,24,26)/t18-/m0/s1. The molecule has 0 bridgehead atoms. The highest BCUT2D eigenvalue weighted by Gasteiger charge is 2.53. The monoisotopic (exact) mass is 404 g/mol. The summed E-state index contributed by atoms with van der Waals surface area (Å²) in [6, 6.07) is 5.23. The van der Waals surface area contributed by atoms with Gasteiger partial charge in [-0.25, -0.2) is 8.78 Å². The molecule has 1 atom stereocenters. The molecule has 1 saturated heterocycles. The van der Waals surface area contributed by atoms with Crippen molar-refractivity contribution in [2.75, 3.05) is 6.61 Å². The smallest absolute Gasteiger partial charge is 0.257 e. The van der Waals surface area contributed by atoms with Crippen molar-refractivity contribution in [1.82, 2.24) is 10.2 Å². The van der Waals surface area contributed by atoms with Gasteiger partial charge in [-0.1, -0.05) is 6.42 Å². The minimum absolute atomic E-state index is 0.0352. The third-order valence-corrected chi connectivity index (χ3v) is 5.54. The van der Waals surface area contributed by atoms with Crippen LogP contribution in [-0.4, -0.2) is 35.1 Å². The second-order valence-electron chi connectivity index (χ2n) is 7.46. The summed E-state index contributed by atoms with van der Waals surface area (Å²) in [6.07, 6.45) is 5.38. The molecule has 154 valence electrons. The third-order valence-electron chi connectivity index (χ3n) is 5.54. The second-order valence-corrected chi connectivity index (χ2v) is 7.46. The molecule has 1 aliphatic heterocycles. The highest BCUT2D eigenvalue weighted by atomic mass is 19.1. The summed E-state index contributed by atoms with van der Waals surface area (Å²) in [7, 11) is 0. The average molecular weight is 404 g/mol. The van der Waals surface area contributed by atoms with E-state index in [1.165, 1.54) is 11.2 Å². The molecule has 1 saturated carbocycles. The van der Waals surface area contributed by atoms with Crippen molar-refractivity contribution in [2.24, 2.45) is 0 Å². The fourth-order valence-electron chi connectivity index (χ4n) is 4.19. The Hall–Kier alpha value is -2.74. The average Bonchev–Trinajstić information content (AvgIpc) is 3.34. The van der Waals surface area contributed by atoms with Crippen LogP contribution in [0.25, 0.3) is 0 Å². The van der Waals surface area contributed by atoms with Crippen molar-refractivity contribution in [3.63, 3.8) is 0 Å². The van der Waals surface area contributed by atoms with Gasteiger partial charge < -0.3 is 14.5 Å². The largest absolute Gasteiger partial charge is 0.467 e. The van der Waals surface area contributed by atoms with Gasteiger partial charge in [0.1, 0.15) is 29.2 Å². The molecule has 2 amide bonds. The molecular weight excluding hydrogens is 382 g/mol. The van der Waals surface area contributed by atoms with E-state index in [4.69, 9.17) is 9.15 Å². The molecule has 0 radical (unpaired) electrons. The lowest BCUT2D eigenvalue weighted by atomic mass is 9.89. The molecule has 29 heavy (non-hydrogen) atoms. The maximum Gasteiger partial charge on any atom is 0.257 e. The highest BCUT2D eigenvalue weighted by molar-refractivity contribution is 5.98. The Kier molecular flexibility index (Phi) is 5.36. The molecule has 2 fully saturated rings. The van der Waals surface area contributed by atoms with Crippen molar-refractivity contribution < 1.29 is 27.5 Å². The van der Waals surface area contributed by atoms with Crippen molar-refractivity contribution in [1.29, 1.82) is 0 Å². The van der Waals surface area contributed by atoms with E-state index in [9.17, 15) is 18.4 Å². The number of furan rings is 1. The van der Waals surface area contributed by atoms with Crippen molar-refractivity contribution in [3.8, 4) is 0 Å². The number of benzene rings is 1. The summed E-state index contributed by atoms with van der Waals surface area (Å²) < 4.78 is 38.6. The van der Waals surface area contributed by atoms with E-state index < -0.39 is 35.2 Å². The Morgan fingerprint density at radius 3 is 2.52 bits per heavy atom. The number of nitrogens with one attached hydrogen (secondary N) is 1. The number of halogens is 2. The zero-order valence-corrected chi connectivity index (χ0v) is 15.8. The van der Waals surface area contributed by atoms with Crippen LogP contribution >= 0.6 is 0 Å². The molecule has 2 aliphatic rings. The number of ether oxygens (including phenoxy) is 1. The molecule has 1 spiro atoms. The summed E-state index contributed by atoms with van der Waals surface area (Å²) in [6.45, 7) is 0.208. The number of hydrogen-bond donors (Lipinski definition) is 1. The zero-order valence-electron chi connectivity index (χ0n) is 15.8. The van der Waals surface area contributed by atoms with Crippen LogP contribution in [0.3, 0.4) is 0 Å². The van der Waals surface area contributed by atoms with E-state index in [-0.39, 0.29) is 18.7 Å². The van der Waals surface area contributed by atoms with Gasteiger partial charge >= 0.3 is 0 Å². The van der Waals surface area contributed by atoms with Crippen molar-refractivity contribution in [3.05, 3.63) is 59.6 Å². The summed E-state index contributed by atoms with van der Waals surface area (Å²) in [4.78, 5) is 27.5. The number of hydrogen-bond acceptors (Lipinski definition) is 4. The van der Waals surface area contributed by atoms with Gasteiger partial charge in [0.2, 0.25) is 5.91 Å². The maximum atomic E-state index is 13.7. The van der Waals surface area contributed by atoms with Gasteiger partial charge in [-0.3, -0.25) is 14.5 Å². The van der Waals surface area contributed by atoms with Crippen LogP contribution in [0, 0.1) is 11.6 Å². The molecule has 1 N–H and O–H groups in total. The van der Waals surface area contributed by atoms with E-state index >= 15 is 0 Å². The van der Waals surface area contributed by atoms with Gasteiger partial charge in [0.25, 0.3) is 5.91 Å². The number of carbonyl (C=O) groups is 2. The van der Waals surface area contributed by atoms with Crippen molar-refractivity contribution in [2.45, 2.75) is 50.4 Å². The molecule has 0 unspecified atom stereocenters. The van der Waals surface area contributed by atoms with Gasteiger partial charge in [0, 0.05) is 11.6 Å². The fraction of sp³-hybridized carbons (Fsp3) is 0.429. The fourth-order valence-corrected chi connectivity index (χ4v) is 4.19. The first-order valence-corrected chi connectivity index (χ1v) is 9.72. The van der Waals surface area contributed by atoms with Crippen LogP contribution in [0.5, 0.6) is 0 Å². The number of rotatable bonds is 4. The van der Waals surface area contributed by atoms with Crippen LogP contribution in [0.2, 0.25) is 0 Å². The molecule has 8 heteroatoms. The van der Waals surface area contributed by atoms with E-state index in [2.05, 4.69) is 5.32 Å². The molecule has 2 aromatic rings. The van der Waals surface area contributed by atoms with Crippen LogP contribution < -0.4 is 5.32 Å². The van der Waals surface area contributed by atoms with Gasteiger partial charge in [-0.05, 0) is 49.9 Å². The molecule has 1 aromatic heterocycles. The molecule has 1 aliphatic carbocycles. The lowest BCUT2D eigenvalue weighted by molar-refractivity contribution is -0.127. The quantitative estimate of drug-likeness (QED) is 0.848. The first kappa shape index (κ1) is 19.6. The molecular formula is C21H22F2N2O4. The molecule has 4 rings (SSSR count). The number of nitrogens with zero attached hydrogens (tertiary/aromatic N) is 1. The third kappa shape index (κ3) is 3.89. The summed E-state index contributed by atoms with van der Waals surface area (Å²) in [5, 5.41) is 2.75. The lowest BCUT2D eigenvalue weighted by Crippen LogP contribution is -2.56. The van der Waals surface area contributed by atoms with Crippen LogP contribution in [0.4, 0.5) is 8.78 Å². The number of amides is 2. The van der Waals surface area contributed by atoms with Gasteiger partial charge in [0.15, 0.2) is 0 Å². The lowest BCUT2D eigenvalue weighted by Gasteiger charge is -2.41. The van der Waals surface area contributed by atoms with E-state index in [0.717, 1.165) is 31.4 Å². The molecule has 6 nitrogen and oxygen atoms in total. The Bertz CT molecular complexity index is 874. The summed E-state index contributed by atoms with van der Waals surface area (Å²) >= 11 is 0. The topological polar surface area (TPSA) is 71.8 Å². The Balaban J connectivity index is 1.61. The SMILES string of the molecule is O=C(NCc1ccco1)[C@@H]1COC2(CCCCC2)N1C(=O)c1cc(F)cc(F)c1. The minimum atomic E-state index is -0.926. The van der Waals surface area contributed by atoms with Crippen LogP contribution in [-0.2, 0) is 16.1 Å². The Labute approximate surface area is 166 Å². The maximum absolute atomic E-state index is 13.7. The Morgan fingerprint density at radius 2 is 1.86 bits per heavy atom. The van der Waals surface area contributed by atoms with E-state index in [1.807, 2.05) is 0 Å². The minimum Gasteiger partial charge on any atom is -0.467 e. The first-order chi connectivity index (χ1) is 14.0. The normalized spacial score (nSPS) is 20.8. The van der Waals surface area contributed by atoms with Gasteiger partial charge in [0.05, 0.1) is 19.4 Å².